The third kappa shape index (κ3) is 3.11. The van der Waals surface area contributed by atoms with E-state index in [1.165, 1.54) is 0 Å². The fourth-order valence-corrected chi connectivity index (χ4v) is 4.49. The Morgan fingerprint density at radius 2 is 2.10 bits per heavy atom. The Bertz CT molecular complexity index is 641. The molecule has 0 bridgehead atoms. The van der Waals surface area contributed by atoms with E-state index in [2.05, 4.69) is 5.32 Å². The van der Waals surface area contributed by atoms with Gasteiger partial charge in [0.1, 0.15) is 5.54 Å². The molecular weight excluding hydrogens is 290 g/mol. The predicted molar refractivity (Wildman–Crippen MR) is 79.9 cm³/mol. The van der Waals surface area contributed by atoms with Gasteiger partial charge in [-0.15, -0.1) is 0 Å². The second kappa shape index (κ2) is 5.77. The molecular formula is C15H21NO4S. The summed E-state index contributed by atoms with van der Waals surface area (Å²) in [6.45, 7) is 3.59. The van der Waals surface area contributed by atoms with Gasteiger partial charge in [0.05, 0.1) is 10.6 Å². The summed E-state index contributed by atoms with van der Waals surface area (Å²) >= 11 is 0. The van der Waals surface area contributed by atoms with E-state index < -0.39 is 21.3 Å². The number of hydrogen-bond acceptors (Lipinski definition) is 4. The van der Waals surface area contributed by atoms with Crippen LogP contribution in [0.1, 0.15) is 44.7 Å². The number of nitrogens with one attached hydrogen (secondary N) is 1. The summed E-state index contributed by atoms with van der Waals surface area (Å²) in [5.74, 6) is -0.862. The van der Waals surface area contributed by atoms with Crippen molar-refractivity contribution in [2.45, 2.75) is 49.6 Å². The van der Waals surface area contributed by atoms with E-state index in [1.54, 1.807) is 31.2 Å². The average molecular weight is 311 g/mol. The lowest BCUT2D eigenvalue weighted by atomic mass is 9.92. The maximum Gasteiger partial charge on any atom is 0.323 e. The molecule has 0 spiro atoms. The highest BCUT2D eigenvalue weighted by molar-refractivity contribution is 7.91. The summed E-state index contributed by atoms with van der Waals surface area (Å²) in [5, 5.41) is 12.6. The van der Waals surface area contributed by atoms with Crippen LogP contribution in [0.3, 0.4) is 0 Å². The predicted octanol–water partition coefficient (Wildman–Crippen LogP) is 2.14. The number of aliphatic carboxylic acids is 1. The van der Waals surface area contributed by atoms with Crippen LogP contribution in [0, 0.1) is 0 Å². The minimum Gasteiger partial charge on any atom is -0.480 e. The summed E-state index contributed by atoms with van der Waals surface area (Å²) in [6, 6.07) is 6.58. The van der Waals surface area contributed by atoms with Crippen LogP contribution in [0.25, 0.3) is 0 Å². The number of carboxylic acids is 1. The molecule has 0 aromatic heterocycles. The van der Waals surface area contributed by atoms with E-state index >= 15 is 0 Å². The van der Waals surface area contributed by atoms with Crippen LogP contribution in [0.15, 0.2) is 29.2 Å². The second-order valence-corrected chi connectivity index (χ2v) is 7.81. The van der Waals surface area contributed by atoms with Gasteiger partial charge in [-0.05, 0) is 31.4 Å². The van der Waals surface area contributed by atoms with Crippen molar-refractivity contribution in [3.8, 4) is 0 Å². The minimum absolute atomic E-state index is 0.0451. The Balaban J connectivity index is 2.36. The van der Waals surface area contributed by atoms with Gasteiger partial charge in [-0.3, -0.25) is 10.1 Å². The molecule has 6 heteroatoms. The van der Waals surface area contributed by atoms with Gasteiger partial charge in [0.25, 0.3) is 0 Å². The molecule has 1 aliphatic heterocycles. The topological polar surface area (TPSA) is 83.5 Å². The maximum atomic E-state index is 12.1. The number of carboxylic acid groups (broad SMARTS) is 1. The van der Waals surface area contributed by atoms with Gasteiger partial charge in [-0.25, -0.2) is 8.42 Å². The third-order valence-corrected chi connectivity index (χ3v) is 5.83. The molecule has 1 heterocycles. The van der Waals surface area contributed by atoms with Gasteiger partial charge in [0.2, 0.25) is 0 Å². The first-order valence-electron chi connectivity index (χ1n) is 7.13. The molecule has 2 rings (SSSR count). The molecule has 1 aromatic rings. The Labute approximate surface area is 125 Å². The van der Waals surface area contributed by atoms with Crippen molar-refractivity contribution in [2.24, 2.45) is 0 Å². The van der Waals surface area contributed by atoms with Crippen LogP contribution in [-0.4, -0.2) is 30.8 Å². The molecule has 116 valence electrons. The average Bonchev–Trinajstić information content (AvgIpc) is 2.43. The lowest BCUT2D eigenvalue weighted by molar-refractivity contribution is -0.145. The highest BCUT2D eigenvalue weighted by atomic mass is 32.2. The Morgan fingerprint density at radius 1 is 1.43 bits per heavy atom. The molecule has 0 saturated carbocycles. The molecule has 2 unspecified atom stereocenters. The van der Waals surface area contributed by atoms with Crippen LogP contribution in [-0.2, 0) is 14.6 Å². The van der Waals surface area contributed by atoms with Crippen LogP contribution >= 0.6 is 0 Å². The highest BCUT2D eigenvalue weighted by Gasteiger charge is 2.38. The van der Waals surface area contributed by atoms with Gasteiger partial charge in [-0.2, -0.15) is 0 Å². The van der Waals surface area contributed by atoms with E-state index in [4.69, 9.17) is 0 Å². The molecule has 0 amide bonds. The van der Waals surface area contributed by atoms with E-state index in [1.807, 2.05) is 6.92 Å². The number of rotatable bonds is 5. The van der Waals surface area contributed by atoms with Gasteiger partial charge < -0.3 is 5.11 Å². The summed E-state index contributed by atoms with van der Waals surface area (Å²) in [7, 11) is -3.25. The van der Waals surface area contributed by atoms with Crippen LogP contribution in [0.2, 0.25) is 0 Å². The second-order valence-electron chi connectivity index (χ2n) is 5.73. The first-order valence-corrected chi connectivity index (χ1v) is 8.78. The minimum atomic E-state index is -3.25. The van der Waals surface area contributed by atoms with Crippen molar-refractivity contribution in [2.75, 3.05) is 5.75 Å². The van der Waals surface area contributed by atoms with E-state index in [0.29, 0.717) is 23.3 Å². The monoisotopic (exact) mass is 311 g/mol. The van der Waals surface area contributed by atoms with E-state index in [9.17, 15) is 18.3 Å². The van der Waals surface area contributed by atoms with Crippen molar-refractivity contribution in [3.63, 3.8) is 0 Å². The molecule has 0 fully saturated rings. The fraction of sp³-hybridized carbons (Fsp3) is 0.533. The molecule has 0 saturated heterocycles. The van der Waals surface area contributed by atoms with Gasteiger partial charge in [-0.1, -0.05) is 31.5 Å². The largest absolute Gasteiger partial charge is 0.480 e. The molecule has 21 heavy (non-hydrogen) atoms. The van der Waals surface area contributed by atoms with Gasteiger partial charge in [0, 0.05) is 6.04 Å². The summed E-state index contributed by atoms with van der Waals surface area (Å²) in [5.41, 5.74) is -0.375. The van der Waals surface area contributed by atoms with Crippen LogP contribution < -0.4 is 5.32 Å². The number of sulfone groups is 1. The Morgan fingerprint density at radius 3 is 2.71 bits per heavy atom. The molecule has 0 radical (unpaired) electrons. The number of fused-ring (bicyclic) bond motifs is 1. The summed E-state index contributed by atoms with van der Waals surface area (Å²) in [6.07, 6.45) is 1.63. The zero-order valence-electron chi connectivity index (χ0n) is 12.3. The number of benzene rings is 1. The fourth-order valence-electron chi connectivity index (χ4n) is 2.87. The molecule has 1 aromatic carbocycles. The summed E-state index contributed by atoms with van der Waals surface area (Å²) in [4.78, 5) is 11.9. The first-order chi connectivity index (χ1) is 9.80. The zero-order chi connectivity index (χ0) is 15.7. The normalized spacial score (nSPS) is 23.0. The Hall–Kier alpha value is -1.40. The quantitative estimate of drug-likeness (QED) is 0.870. The number of carbonyl (C=O) groups is 1. The van der Waals surface area contributed by atoms with Gasteiger partial charge >= 0.3 is 5.97 Å². The first kappa shape index (κ1) is 16.0. The molecule has 2 N–H and O–H groups in total. The van der Waals surface area contributed by atoms with E-state index in [0.717, 1.165) is 6.42 Å². The van der Waals surface area contributed by atoms with Crippen molar-refractivity contribution >= 4 is 15.8 Å². The zero-order valence-corrected chi connectivity index (χ0v) is 13.1. The smallest absolute Gasteiger partial charge is 0.323 e. The maximum absolute atomic E-state index is 12.1. The Kier molecular flexibility index (Phi) is 4.39. The SMILES string of the molecule is CCCC(C)(NC1CCS(=O)(=O)c2ccccc21)C(=O)O. The molecule has 5 nitrogen and oxygen atoms in total. The number of hydrogen-bond donors (Lipinski definition) is 2. The van der Waals surface area contributed by atoms with Crippen molar-refractivity contribution < 1.29 is 18.3 Å². The summed E-state index contributed by atoms with van der Waals surface area (Å²) < 4.78 is 24.2. The van der Waals surface area contributed by atoms with Crippen LogP contribution in [0.4, 0.5) is 0 Å². The van der Waals surface area contributed by atoms with Crippen molar-refractivity contribution in [1.82, 2.24) is 5.32 Å². The highest BCUT2D eigenvalue weighted by Crippen LogP contribution is 2.33. The lowest BCUT2D eigenvalue weighted by Gasteiger charge is -2.34. The molecule has 2 atom stereocenters. The van der Waals surface area contributed by atoms with Crippen molar-refractivity contribution in [1.29, 1.82) is 0 Å². The third-order valence-electron chi connectivity index (χ3n) is 4.02. The standard InChI is InChI=1S/C15H21NO4S/c1-3-9-15(2,14(17)18)16-12-8-10-21(19,20)13-7-5-4-6-11(12)13/h4-7,12,16H,3,8-10H2,1-2H3,(H,17,18). The van der Waals surface area contributed by atoms with E-state index in [-0.39, 0.29) is 11.8 Å². The van der Waals surface area contributed by atoms with Crippen molar-refractivity contribution in [3.05, 3.63) is 29.8 Å². The van der Waals surface area contributed by atoms with Crippen LogP contribution in [0.5, 0.6) is 0 Å². The lowest BCUT2D eigenvalue weighted by Crippen LogP contribution is -2.51. The molecule has 1 aliphatic rings. The molecule has 0 aliphatic carbocycles. The van der Waals surface area contributed by atoms with Gasteiger partial charge in [0.15, 0.2) is 9.84 Å².